The monoisotopic (exact) mass is 437 g/mol. The minimum atomic E-state index is -0.149. The van der Waals surface area contributed by atoms with Crippen LogP contribution in [0.1, 0.15) is 31.9 Å². The first kappa shape index (κ1) is 22.2. The van der Waals surface area contributed by atoms with Crippen molar-refractivity contribution in [2.75, 3.05) is 39.5 Å². The second-order valence-electron chi connectivity index (χ2n) is 8.34. The fourth-order valence-electron chi connectivity index (χ4n) is 4.21. The lowest BCUT2D eigenvalue weighted by Gasteiger charge is -2.36. The molecule has 0 spiro atoms. The molecular weight excluding hydrogens is 406 g/mol. The summed E-state index contributed by atoms with van der Waals surface area (Å²) in [5.74, 6) is 0.819. The second-order valence-corrected chi connectivity index (χ2v) is 8.34. The van der Waals surface area contributed by atoms with Crippen LogP contribution in [0.3, 0.4) is 0 Å². The Morgan fingerprint density at radius 1 is 1.22 bits per heavy atom. The Balaban J connectivity index is 1.68. The number of carbonyl (C=O) groups is 1. The Labute approximate surface area is 189 Å². The molecule has 3 heterocycles. The Morgan fingerprint density at radius 2 is 1.97 bits per heavy atom. The maximum absolute atomic E-state index is 13.3. The highest BCUT2D eigenvalue weighted by Gasteiger charge is 2.29. The summed E-state index contributed by atoms with van der Waals surface area (Å²) in [5.41, 5.74) is 4.76. The molecule has 1 saturated heterocycles. The van der Waals surface area contributed by atoms with Crippen LogP contribution in [-0.2, 0) is 9.53 Å². The van der Waals surface area contributed by atoms with E-state index in [0.29, 0.717) is 49.9 Å². The number of hydrogen-bond donors (Lipinski definition) is 2. The number of carbonyl (C=O) groups excluding carboxylic acids is 1. The Morgan fingerprint density at radius 3 is 2.69 bits per heavy atom. The van der Waals surface area contributed by atoms with Crippen LogP contribution in [0.2, 0.25) is 0 Å². The van der Waals surface area contributed by atoms with Gasteiger partial charge in [0.25, 0.3) is 5.91 Å². The Bertz CT molecular complexity index is 985. The van der Waals surface area contributed by atoms with Crippen molar-refractivity contribution in [3.8, 4) is 5.75 Å². The molecule has 1 aromatic carbocycles. The SMILES string of the molecule is C=C1C(NC2CCOc3ccccc32)=CC(C(=O)N2CCOCC2)=CN1C(CO)=C(C)C. The minimum absolute atomic E-state index is 0.0342. The van der Waals surface area contributed by atoms with Crippen LogP contribution in [0, 0.1) is 0 Å². The van der Waals surface area contributed by atoms with Gasteiger partial charge in [-0.1, -0.05) is 30.4 Å². The fraction of sp³-hybridized carbons (Fsp3) is 0.400. The van der Waals surface area contributed by atoms with Crippen molar-refractivity contribution in [2.45, 2.75) is 26.3 Å². The smallest absolute Gasteiger partial charge is 0.255 e. The highest BCUT2D eigenvalue weighted by Crippen LogP contribution is 2.35. The average Bonchev–Trinajstić information content (AvgIpc) is 2.82. The molecule has 1 aromatic rings. The zero-order valence-electron chi connectivity index (χ0n) is 18.8. The van der Waals surface area contributed by atoms with E-state index in [2.05, 4.69) is 18.0 Å². The quantitative estimate of drug-likeness (QED) is 0.738. The minimum Gasteiger partial charge on any atom is -0.493 e. The third-order valence-corrected chi connectivity index (χ3v) is 6.02. The molecule has 0 radical (unpaired) electrons. The predicted octanol–water partition coefficient (Wildman–Crippen LogP) is 2.84. The molecule has 1 unspecified atom stereocenters. The van der Waals surface area contributed by atoms with Gasteiger partial charge in [0, 0.05) is 37.0 Å². The largest absolute Gasteiger partial charge is 0.493 e. The van der Waals surface area contributed by atoms with Gasteiger partial charge in [-0.05, 0) is 26.0 Å². The Kier molecular flexibility index (Phi) is 6.67. The Hall–Kier alpha value is -3.03. The first-order chi connectivity index (χ1) is 15.5. The molecule has 1 amide bonds. The van der Waals surface area contributed by atoms with E-state index in [0.717, 1.165) is 29.0 Å². The van der Waals surface area contributed by atoms with Crippen molar-refractivity contribution in [1.29, 1.82) is 0 Å². The summed E-state index contributed by atoms with van der Waals surface area (Å²) < 4.78 is 11.2. The van der Waals surface area contributed by atoms with E-state index >= 15 is 0 Å². The zero-order valence-corrected chi connectivity index (χ0v) is 18.8. The van der Waals surface area contributed by atoms with Gasteiger partial charge in [0.05, 0.1) is 49.4 Å². The van der Waals surface area contributed by atoms with Crippen molar-refractivity contribution in [3.05, 3.63) is 76.9 Å². The maximum atomic E-state index is 13.3. The van der Waals surface area contributed by atoms with Gasteiger partial charge in [0.1, 0.15) is 5.75 Å². The van der Waals surface area contributed by atoms with Gasteiger partial charge in [-0.2, -0.15) is 0 Å². The number of aliphatic hydroxyl groups is 1. The first-order valence-electron chi connectivity index (χ1n) is 11.0. The lowest BCUT2D eigenvalue weighted by Crippen LogP contribution is -2.42. The van der Waals surface area contributed by atoms with Crippen LogP contribution in [0.5, 0.6) is 5.75 Å². The number of amides is 1. The van der Waals surface area contributed by atoms with E-state index in [1.165, 1.54) is 0 Å². The highest BCUT2D eigenvalue weighted by molar-refractivity contribution is 5.97. The molecule has 7 nitrogen and oxygen atoms in total. The van der Waals surface area contributed by atoms with Crippen LogP contribution in [0.4, 0.5) is 0 Å². The van der Waals surface area contributed by atoms with Gasteiger partial charge in [-0.25, -0.2) is 0 Å². The number of rotatable bonds is 5. The molecule has 0 bridgehead atoms. The number of aliphatic hydroxyl groups excluding tert-OH is 1. The number of nitrogens with one attached hydrogen (secondary N) is 1. The number of para-hydroxylation sites is 1. The molecule has 1 fully saturated rings. The van der Waals surface area contributed by atoms with Crippen molar-refractivity contribution in [2.24, 2.45) is 0 Å². The summed E-state index contributed by atoms with van der Waals surface area (Å²) in [6.45, 7) is 10.8. The second kappa shape index (κ2) is 9.63. The van der Waals surface area contributed by atoms with Crippen LogP contribution < -0.4 is 10.1 Å². The third-order valence-electron chi connectivity index (χ3n) is 6.02. The maximum Gasteiger partial charge on any atom is 0.255 e. The van der Waals surface area contributed by atoms with Crippen molar-refractivity contribution < 1.29 is 19.4 Å². The molecular formula is C25H31N3O4. The standard InChI is InChI=1S/C25H31N3O4/c1-17(2)23(16-29)28-15-19(25(30)27-9-12-31-13-10-27)14-22(18(28)3)26-21-8-11-32-24-7-5-4-6-20(21)24/h4-7,14-15,21,26,29H,3,8-13,16H2,1-2H3. The number of ether oxygens (including phenoxy) is 2. The molecule has 32 heavy (non-hydrogen) atoms. The van der Waals surface area contributed by atoms with Gasteiger partial charge in [0.15, 0.2) is 0 Å². The van der Waals surface area contributed by atoms with Gasteiger partial charge in [-0.3, -0.25) is 4.79 Å². The van der Waals surface area contributed by atoms with E-state index < -0.39 is 0 Å². The van der Waals surface area contributed by atoms with Crippen molar-refractivity contribution in [1.82, 2.24) is 15.1 Å². The summed E-state index contributed by atoms with van der Waals surface area (Å²) in [5, 5.41) is 13.6. The lowest BCUT2D eigenvalue weighted by atomic mass is 9.99. The van der Waals surface area contributed by atoms with Crippen molar-refractivity contribution in [3.63, 3.8) is 0 Å². The van der Waals surface area contributed by atoms with E-state index in [1.807, 2.05) is 43.0 Å². The topological polar surface area (TPSA) is 74.3 Å². The lowest BCUT2D eigenvalue weighted by molar-refractivity contribution is -0.130. The molecule has 0 saturated carbocycles. The fourth-order valence-corrected chi connectivity index (χ4v) is 4.21. The normalized spacial score (nSPS) is 20.6. The van der Waals surface area contributed by atoms with Crippen molar-refractivity contribution >= 4 is 5.91 Å². The number of fused-ring (bicyclic) bond motifs is 1. The zero-order chi connectivity index (χ0) is 22.7. The van der Waals surface area contributed by atoms with Crippen LogP contribution >= 0.6 is 0 Å². The average molecular weight is 438 g/mol. The number of nitrogens with zero attached hydrogens (tertiary/aromatic N) is 2. The van der Waals surface area contributed by atoms with Crippen LogP contribution in [-0.4, -0.2) is 60.3 Å². The highest BCUT2D eigenvalue weighted by atomic mass is 16.5. The van der Waals surface area contributed by atoms with Gasteiger partial charge in [-0.15, -0.1) is 0 Å². The van der Waals surface area contributed by atoms with Crippen LogP contribution in [0.15, 0.2) is 71.4 Å². The molecule has 7 heteroatoms. The van der Waals surface area contributed by atoms with E-state index in [1.54, 1.807) is 11.1 Å². The predicted molar refractivity (Wildman–Crippen MR) is 122 cm³/mol. The molecule has 4 rings (SSSR count). The summed E-state index contributed by atoms with van der Waals surface area (Å²) in [4.78, 5) is 16.9. The molecule has 170 valence electrons. The molecule has 0 aromatic heterocycles. The first-order valence-corrected chi connectivity index (χ1v) is 11.0. The third kappa shape index (κ3) is 4.45. The van der Waals surface area contributed by atoms with E-state index in [4.69, 9.17) is 9.47 Å². The summed E-state index contributed by atoms with van der Waals surface area (Å²) in [6, 6.07) is 8.03. The number of hydrogen-bond acceptors (Lipinski definition) is 6. The number of allylic oxidation sites excluding steroid dienone is 1. The van der Waals surface area contributed by atoms with Gasteiger partial charge < -0.3 is 29.7 Å². The number of morpholine rings is 1. The summed E-state index contributed by atoms with van der Waals surface area (Å²) >= 11 is 0. The van der Waals surface area contributed by atoms with E-state index in [9.17, 15) is 9.90 Å². The van der Waals surface area contributed by atoms with Gasteiger partial charge in [0.2, 0.25) is 0 Å². The molecule has 3 aliphatic rings. The summed E-state index contributed by atoms with van der Waals surface area (Å²) in [6.07, 6.45) is 4.45. The summed E-state index contributed by atoms with van der Waals surface area (Å²) in [7, 11) is 0. The molecule has 1 atom stereocenters. The van der Waals surface area contributed by atoms with E-state index in [-0.39, 0.29) is 18.6 Å². The van der Waals surface area contributed by atoms with Gasteiger partial charge >= 0.3 is 0 Å². The number of benzene rings is 1. The van der Waals surface area contributed by atoms with Crippen LogP contribution in [0.25, 0.3) is 0 Å². The molecule has 3 aliphatic heterocycles. The molecule has 0 aliphatic carbocycles. The molecule has 2 N–H and O–H groups in total.